The van der Waals surface area contributed by atoms with Crippen molar-refractivity contribution in [3.8, 4) is 23.1 Å². The first-order valence-electron chi connectivity index (χ1n) is 6.80. The first kappa shape index (κ1) is 15.6. The number of nitrogens with zero attached hydrogens (tertiary/aromatic N) is 3. The zero-order valence-electron chi connectivity index (χ0n) is 13.1. The Kier molecular flexibility index (Phi) is 3.91. The van der Waals surface area contributed by atoms with Gasteiger partial charge in [0.25, 0.3) is 0 Å². The standard InChI is InChI=1S/C16H19N5O/c1-16(2,3)9-5-6-10(12(7-9)22-4)13-11(8-17)14(18)21-15(19)20-13/h5-7H,1-4H3,(H4,18,19,20,21). The topological polar surface area (TPSA) is 111 Å². The van der Waals surface area contributed by atoms with Crippen molar-refractivity contribution in [1.29, 1.82) is 5.26 Å². The fraction of sp³-hybridized carbons (Fsp3) is 0.312. The van der Waals surface area contributed by atoms with Crippen LogP contribution in [0.4, 0.5) is 11.8 Å². The third kappa shape index (κ3) is 2.79. The second kappa shape index (κ2) is 5.53. The molecule has 2 rings (SSSR count). The first-order chi connectivity index (χ1) is 10.3. The molecular formula is C16H19N5O. The zero-order chi connectivity index (χ0) is 16.5. The van der Waals surface area contributed by atoms with Gasteiger partial charge in [-0.15, -0.1) is 0 Å². The summed E-state index contributed by atoms with van der Waals surface area (Å²) >= 11 is 0. The molecule has 1 heterocycles. The van der Waals surface area contributed by atoms with E-state index in [-0.39, 0.29) is 22.7 Å². The summed E-state index contributed by atoms with van der Waals surface area (Å²) in [7, 11) is 1.57. The van der Waals surface area contributed by atoms with Crippen LogP contribution in [0.3, 0.4) is 0 Å². The van der Waals surface area contributed by atoms with Crippen LogP contribution < -0.4 is 16.2 Å². The van der Waals surface area contributed by atoms with E-state index in [4.69, 9.17) is 16.2 Å². The summed E-state index contributed by atoms with van der Waals surface area (Å²) in [4.78, 5) is 7.98. The number of ether oxygens (including phenoxy) is 1. The van der Waals surface area contributed by atoms with E-state index in [1.165, 1.54) is 0 Å². The summed E-state index contributed by atoms with van der Waals surface area (Å²) in [6, 6.07) is 7.80. The van der Waals surface area contributed by atoms with Crippen LogP contribution in [-0.2, 0) is 5.41 Å². The average Bonchev–Trinajstić information content (AvgIpc) is 2.44. The molecule has 1 aromatic heterocycles. The normalized spacial score (nSPS) is 11.0. The summed E-state index contributed by atoms with van der Waals surface area (Å²) in [6.45, 7) is 6.34. The number of nitrogens with two attached hydrogens (primary N) is 2. The molecule has 0 fully saturated rings. The number of rotatable bonds is 2. The molecule has 4 N–H and O–H groups in total. The van der Waals surface area contributed by atoms with E-state index in [1.54, 1.807) is 7.11 Å². The molecule has 0 saturated heterocycles. The van der Waals surface area contributed by atoms with Crippen LogP contribution in [0, 0.1) is 11.3 Å². The number of aromatic nitrogens is 2. The monoisotopic (exact) mass is 297 g/mol. The van der Waals surface area contributed by atoms with E-state index in [2.05, 4.69) is 30.7 Å². The van der Waals surface area contributed by atoms with Gasteiger partial charge in [0.1, 0.15) is 23.2 Å². The molecule has 114 valence electrons. The lowest BCUT2D eigenvalue weighted by Crippen LogP contribution is -2.11. The highest BCUT2D eigenvalue weighted by Crippen LogP contribution is 2.36. The van der Waals surface area contributed by atoms with Gasteiger partial charge < -0.3 is 16.2 Å². The van der Waals surface area contributed by atoms with E-state index in [1.807, 2.05) is 24.3 Å². The average molecular weight is 297 g/mol. The van der Waals surface area contributed by atoms with Crippen molar-refractivity contribution in [3.05, 3.63) is 29.3 Å². The summed E-state index contributed by atoms with van der Waals surface area (Å²) < 4.78 is 5.46. The van der Waals surface area contributed by atoms with Gasteiger partial charge in [-0.2, -0.15) is 10.2 Å². The van der Waals surface area contributed by atoms with Crippen LogP contribution in [0.5, 0.6) is 5.75 Å². The highest BCUT2D eigenvalue weighted by Gasteiger charge is 2.20. The second-order valence-corrected chi connectivity index (χ2v) is 5.97. The molecule has 6 heteroatoms. The maximum absolute atomic E-state index is 9.31. The number of nitriles is 1. The van der Waals surface area contributed by atoms with Crippen molar-refractivity contribution in [2.75, 3.05) is 18.6 Å². The number of hydrogen-bond donors (Lipinski definition) is 2. The van der Waals surface area contributed by atoms with Gasteiger partial charge in [0.05, 0.1) is 12.8 Å². The molecule has 0 radical (unpaired) electrons. The van der Waals surface area contributed by atoms with Crippen molar-refractivity contribution in [1.82, 2.24) is 9.97 Å². The fourth-order valence-electron chi connectivity index (χ4n) is 2.15. The number of anilines is 2. The zero-order valence-corrected chi connectivity index (χ0v) is 13.1. The molecule has 0 unspecified atom stereocenters. The van der Waals surface area contributed by atoms with E-state index >= 15 is 0 Å². The minimum absolute atomic E-state index is 0.0202. The van der Waals surface area contributed by atoms with Gasteiger partial charge in [0, 0.05) is 5.56 Å². The highest BCUT2D eigenvalue weighted by molar-refractivity contribution is 5.77. The van der Waals surface area contributed by atoms with Crippen molar-refractivity contribution in [3.63, 3.8) is 0 Å². The minimum Gasteiger partial charge on any atom is -0.496 e. The highest BCUT2D eigenvalue weighted by atomic mass is 16.5. The molecule has 2 aromatic rings. The Morgan fingerprint density at radius 1 is 1.18 bits per heavy atom. The van der Waals surface area contributed by atoms with Crippen LogP contribution >= 0.6 is 0 Å². The number of benzene rings is 1. The van der Waals surface area contributed by atoms with E-state index in [9.17, 15) is 5.26 Å². The third-order valence-electron chi connectivity index (χ3n) is 3.39. The predicted octanol–water partition coefficient (Wildman–Crippen LogP) is 2.49. The lowest BCUT2D eigenvalue weighted by Gasteiger charge is -2.21. The van der Waals surface area contributed by atoms with Crippen molar-refractivity contribution < 1.29 is 4.74 Å². The summed E-state index contributed by atoms with van der Waals surface area (Å²) in [5.74, 6) is 0.696. The Morgan fingerprint density at radius 2 is 1.86 bits per heavy atom. The predicted molar refractivity (Wildman–Crippen MR) is 86.3 cm³/mol. The quantitative estimate of drug-likeness (QED) is 0.881. The van der Waals surface area contributed by atoms with Crippen LogP contribution in [0.25, 0.3) is 11.3 Å². The Balaban J connectivity index is 2.71. The van der Waals surface area contributed by atoms with E-state index in [0.29, 0.717) is 17.0 Å². The van der Waals surface area contributed by atoms with Gasteiger partial charge in [0.2, 0.25) is 5.95 Å². The summed E-state index contributed by atoms with van der Waals surface area (Å²) in [5, 5.41) is 9.31. The van der Waals surface area contributed by atoms with Crippen LogP contribution in [0.2, 0.25) is 0 Å². The Labute approximate surface area is 129 Å². The number of hydrogen-bond acceptors (Lipinski definition) is 6. The SMILES string of the molecule is COc1cc(C(C)(C)C)ccc1-c1nc(N)nc(N)c1C#N. The molecule has 0 bridgehead atoms. The van der Waals surface area contributed by atoms with Crippen molar-refractivity contribution in [2.24, 2.45) is 0 Å². The van der Waals surface area contributed by atoms with Crippen molar-refractivity contribution in [2.45, 2.75) is 26.2 Å². The Morgan fingerprint density at radius 3 is 2.41 bits per heavy atom. The van der Waals surface area contributed by atoms with Gasteiger partial charge in [0.15, 0.2) is 0 Å². The summed E-state index contributed by atoms with van der Waals surface area (Å²) in [5.41, 5.74) is 13.7. The molecule has 0 aliphatic rings. The Hall–Kier alpha value is -2.81. The van der Waals surface area contributed by atoms with Gasteiger partial charge in [-0.3, -0.25) is 0 Å². The maximum atomic E-state index is 9.31. The van der Waals surface area contributed by atoms with E-state index in [0.717, 1.165) is 5.56 Å². The molecule has 0 aliphatic carbocycles. The van der Waals surface area contributed by atoms with E-state index < -0.39 is 0 Å². The number of methoxy groups -OCH3 is 1. The molecule has 22 heavy (non-hydrogen) atoms. The molecule has 1 aromatic carbocycles. The van der Waals surface area contributed by atoms with Gasteiger partial charge in [-0.05, 0) is 23.1 Å². The molecule has 0 amide bonds. The largest absolute Gasteiger partial charge is 0.496 e. The third-order valence-corrected chi connectivity index (χ3v) is 3.39. The lowest BCUT2D eigenvalue weighted by atomic mass is 9.86. The molecule has 0 aliphatic heterocycles. The van der Waals surface area contributed by atoms with Gasteiger partial charge >= 0.3 is 0 Å². The molecule has 0 spiro atoms. The summed E-state index contributed by atoms with van der Waals surface area (Å²) in [6.07, 6.45) is 0. The maximum Gasteiger partial charge on any atom is 0.222 e. The van der Waals surface area contributed by atoms with Crippen molar-refractivity contribution >= 4 is 11.8 Å². The van der Waals surface area contributed by atoms with Gasteiger partial charge in [-0.25, -0.2) is 4.98 Å². The minimum atomic E-state index is -0.0202. The van der Waals surface area contributed by atoms with Crippen LogP contribution in [0.15, 0.2) is 18.2 Å². The number of nitrogen functional groups attached to an aromatic ring is 2. The molecular weight excluding hydrogens is 278 g/mol. The molecule has 0 saturated carbocycles. The lowest BCUT2D eigenvalue weighted by molar-refractivity contribution is 0.414. The fourth-order valence-corrected chi connectivity index (χ4v) is 2.15. The van der Waals surface area contributed by atoms with Gasteiger partial charge in [-0.1, -0.05) is 26.8 Å². The first-order valence-corrected chi connectivity index (χ1v) is 6.80. The smallest absolute Gasteiger partial charge is 0.222 e. The Bertz CT molecular complexity index is 756. The van der Waals surface area contributed by atoms with Crippen LogP contribution in [0.1, 0.15) is 31.9 Å². The second-order valence-electron chi connectivity index (χ2n) is 5.97. The molecule has 0 atom stereocenters. The van der Waals surface area contributed by atoms with Crippen LogP contribution in [-0.4, -0.2) is 17.1 Å². The molecule has 6 nitrogen and oxygen atoms in total.